The van der Waals surface area contributed by atoms with Crippen molar-refractivity contribution in [2.24, 2.45) is 0 Å². The Balaban J connectivity index is 1.78. The number of ether oxygens (including phenoxy) is 8. The van der Waals surface area contributed by atoms with Crippen LogP contribution in [0.4, 0.5) is 0 Å². The average molecular weight is 859 g/mol. The molecule has 2 heterocycles. The van der Waals surface area contributed by atoms with Gasteiger partial charge in [-0.2, -0.15) is 0 Å². The summed E-state index contributed by atoms with van der Waals surface area (Å²) in [6.07, 6.45) is -3.07. The molecule has 328 valence electrons. The van der Waals surface area contributed by atoms with Crippen LogP contribution in [-0.4, -0.2) is 112 Å². The molecule has 2 aromatic carbocycles. The van der Waals surface area contributed by atoms with E-state index in [9.17, 15) is 14.4 Å². The van der Waals surface area contributed by atoms with Crippen LogP contribution in [0.5, 0.6) is 11.5 Å². The number of methoxy groups -OCH3 is 4. The minimum Gasteiger partial charge on any atom is -0.497 e. The Bertz CT molecular complexity index is 1730. The molecule has 0 amide bonds. The molecule has 0 unspecified atom stereocenters. The van der Waals surface area contributed by atoms with Gasteiger partial charge in [0.15, 0.2) is 41.1 Å². The largest absolute Gasteiger partial charge is 0.497 e. The van der Waals surface area contributed by atoms with Gasteiger partial charge in [-0.25, -0.2) is 9.59 Å². The lowest BCUT2D eigenvalue weighted by molar-refractivity contribution is -0.216. The van der Waals surface area contributed by atoms with Crippen LogP contribution < -0.4 is 9.47 Å². The lowest BCUT2D eigenvalue weighted by atomic mass is 9.93. The molecule has 4 rings (SSSR count). The van der Waals surface area contributed by atoms with Crippen molar-refractivity contribution in [2.75, 3.05) is 28.4 Å². The number of hydrogen-bond donors (Lipinski definition) is 0. The number of carbonyl (C=O) groups excluding carboxylic acids is 3. The fraction of sp³-hybridized carbons (Fsp3) is 0.614. The van der Waals surface area contributed by atoms with Crippen molar-refractivity contribution in [1.29, 1.82) is 0 Å². The smallest absolute Gasteiger partial charge is 0.338 e. The van der Waals surface area contributed by atoms with E-state index in [0.29, 0.717) is 17.1 Å². The second-order valence-electron chi connectivity index (χ2n) is 18.1. The second-order valence-corrected chi connectivity index (χ2v) is 27.6. The molecular formula is C44H66O13Si2. The summed E-state index contributed by atoms with van der Waals surface area (Å²) >= 11 is 0. The molecule has 0 bridgehead atoms. The van der Waals surface area contributed by atoms with E-state index >= 15 is 0 Å². The van der Waals surface area contributed by atoms with Crippen molar-refractivity contribution < 1.29 is 61.1 Å². The van der Waals surface area contributed by atoms with Crippen molar-refractivity contribution in [2.45, 2.75) is 146 Å². The summed E-state index contributed by atoms with van der Waals surface area (Å²) in [4.78, 5) is 41.0. The van der Waals surface area contributed by atoms with Gasteiger partial charge in [-0.05, 0) is 96.9 Å². The number of rotatable bonds is 17. The number of benzene rings is 2. The third kappa shape index (κ3) is 12.6. The third-order valence-electron chi connectivity index (χ3n) is 12.0. The maximum Gasteiger partial charge on any atom is 0.338 e. The quantitative estimate of drug-likeness (QED) is 0.0856. The highest BCUT2D eigenvalue weighted by molar-refractivity contribution is 6.74. The van der Waals surface area contributed by atoms with E-state index in [1.165, 1.54) is 14.2 Å². The Kier molecular flexibility index (Phi) is 16.3. The van der Waals surface area contributed by atoms with Crippen LogP contribution in [0.3, 0.4) is 0 Å². The normalized spacial score (nSPS) is 23.9. The zero-order chi connectivity index (χ0) is 43.9. The van der Waals surface area contributed by atoms with Gasteiger partial charge in [0.25, 0.3) is 0 Å². The van der Waals surface area contributed by atoms with Crippen LogP contribution in [0.15, 0.2) is 60.7 Å². The monoisotopic (exact) mass is 858 g/mol. The number of ketones is 1. The predicted octanol–water partition coefficient (Wildman–Crippen LogP) is 8.27. The van der Waals surface area contributed by atoms with Gasteiger partial charge in [-0.1, -0.05) is 41.5 Å². The summed E-state index contributed by atoms with van der Waals surface area (Å²) in [5.74, 6) is -0.369. The Labute approximate surface area is 352 Å². The van der Waals surface area contributed by atoms with Gasteiger partial charge in [-0.3, -0.25) is 4.79 Å². The first kappa shape index (κ1) is 48.3. The van der Waals surface area contributed by atoms with Crippen LogP contribution in [0.2, 0.25) is 36.3 Å². The van der Waals surface area contributed by atoms with Gasteiger partial charge >= 0.3 is 11.9 Å². The highest BCUT2D eigenvalue weighted by Crippen LogP contribution is 2.43. The molecule has 2 aliphatic rings. The maximum atomic E-state index is 13.9. The molecule has 0 N–H and O–H groups in total. The first-order valence-corrected chi connectivity index (χ1v) is 26.0. The van der Waals surface area contributed by atoms with E-state index in [-0.39, 0.29) is 40.7 Å². The summed E-state index contributed by atoms with van der Waals surface area (Å²) in [5.41, 5.74) is 0.604. The fourth-order valence-corrected chi connectivity index (χ4v) is 8.99. The zero-order valence-corrected chi connectivity index (χ0v) is 39.3. The second kappa shape index (κ2) is 20.0. The van der Waals surface area contributed by atoms with E-state index in [2.05, 4.69) is 67.7 Å². The van der Waals surface area contributed by atoms with E-state index in [4.69, 9.17) is 46.7 Å². The minimum atomic E-state index is -2.61. The molecule has 0 spiro atoms. The number of carbonyl (C=O) groups is 3. The van der Waals surface area contributed by atoms with Crippen LogP contribution in [0, 0.1) is 0 Å². The summed E-state index contributed by atoms with van der Waals surface area (Å²) in [7, 11) is 0.911. The van der Waals surface area contributed by atoms with Crippen molar-refractivity contribution in [3.05, 3.63) is 71.8 Å². The number of hydrogen-bond acceptors (Lipinski definition) is 13. The first-order chi connectivity index (χ1) is 27.5. The predicted molar refractivity (Wildman–Crippen MR) is 228 cm³/mol. The highest BCUT2D eigenvalue weighted by Gasteiger charge is 2.49. The summed E-state index contributed by atoms with van der Waals surface area (Å²) in [6, 6.07) is 13.1. The summed E-state index contributed by atoms with van der Waals surface area (Å²) < 4.78 is 61.4. The summed E-state index contributed by atoms with van der Waals surface area (Å²) in [5, 5.41) is -0.447. The van der Waals surface area contributed by atoms with Crippen molar-refractivity contribution in [3.63, 3.8) is 0 Å². The van der Waals surface area contributed by atoms with Gasteiger partial charge in [0.05, 0.1) is 44.0 Å². The fourth-order valence-electron chi connectivity index (χ4n) is 6.27. The van der Waals surface area contributed by atoms with Gasteiger partial charge in [0.2, 0.25) is 0 Å². The van der Waals surface area contributed by atoms with Crippen molar-refractivity contribution in [1.82, 2.24) is 0 Å². The topological polar surface area (TPSA) is 144 Å². The van der Waals surface area contributed by atoms with E-state index in [0.717, 1.165) is 0 Å². The van der Waals surface area contributed by atoms with Crippen molar-refractivity contribution >= 4 is 34.4 Å². The first-order valence-electron chi connectivity index (χ1n) is 20.2. The van der Waals surface area contributed by atoms with Crippen LogP contribution in [0.25, 0.3) is 0 Å². The molecule has 2 aliphatic heterocycles. The molecule has 13 nitrogen and oxygen atoms in total. The van der Waals surface area contributed by atoms with Gasteiger partial charge in [0, 0.05) is 27.1 Å². The van der Waals surface area contributed by atoms with Crippen LogP contribution >= 0.6 is 0 Å². The molecule has 15 heteroatoms. The van der Waals surface area contributed by atoms with Crippen LogP contribution in [-0.2, 0) is 42.1 Å². The maximum absolute atomic E-state index is 13.9. The molecule has 59 heavy (non-hydrogen) atoms. The molecule has 1 saturated heterocycles. The molecule has 1 fully saturated rings. The average Bonchev–Trinajstić information content (AvgIpc) is 3.17. The lowest BCUT2D eigenvalue weighted by Crippen LogP contribution is -2.56. The van der Waals surface area contributed by atoms with E-state index in [1.807, 2.05) is 0 Å². The SMILES string of the molecule is COc1ccc(C(=O)O[C@H]2C=C[C@@H](OC)O[C@@H]2C[C@@H](O[Si](C)(C)C(C)(C)C)[C@@H](C[C@H]2O[C@H](OC)CC(=O)[C@@H]2OC(=O)c2ccc(OC)cc2)O[Si](C)(C)C(C)(C)C)cc1. The van der Waals surface area contributed by atoms with Gasteiger partial charge in [0.1, 0.15) is 29.8 Å². The number of esters is 2. The van der Waals surface area contributed by atoms with Crippen molar-refractivity contribution in [3.8, 4) is 11.5 Å². The Morgan fingerprint density at radius 2 is 1.12 bits per heavy atom. The summed E-state index contributed by atoms with van der Waals surface area (Å²) in [6.45, 7) is 21.5. The standard InChI is InChI=1S/C44H66O13Si2/c1-43(2,3)58(11,12)56-35(26-34-33(23-24-38(50-9)52-34)54-41(46)28-15-19-30(48-7)20-16-28)36(57-59(13,14)44(4,5)6)27-37-40(32(45)25-39(51-10)53-37)55-42(47)29-17-21-31(49-8)22-18-29/h15-24,33-40H,25-27H2,1-14H3/t33-,34+,35+,36+,37+,38-,39-,40-/m0/s1. The molecular weight excluding hydrogens is 793 g/mol. The van der Waals surface area contributed by atoms with E-state index < -0.39 is 77.8 Å². The van der Waals surface area contributed by atoms with Crippen LogP contribution in [0.1, 0.15) is 81.5 Å². The molecule has 0 aliphatic carbocycles. The molecule has 0 saturated carbocycles. The molecule has 0 radical (unpaired) electrons. The van der Waals surface area contributed by atoms with Gasteiger partial charge < -0.3 is 46.7 Å². The Morgan fingerprint density at radius 3 is 1.54 bits per heavy atom. The zero-order valence-electron chi connectivity index (χ0n) is 37.3. The Morgan fingerprint density at radius 1 is 0.661 bits per heavy atom. The lowest BCUT2D eigenvalue weighted by Gasteiger charge is -2.47. The minimum absolute atomic E-state index is 0.102. The van der Waals surface area contributed by atoms with Gasteiger partial charge in [-0.15, -0.1) is 0 Å². The van der Waals surface area contributed by atoms with E-state index in [1.54, 1.807) is 74.9 Å². The number of Topliss-reactive ketones (excluding diaryl/α,β-unsaturated/α-hetero) is 1. The molecule has 8 atom stereocenters. The highest BCUT2D eigenvalue weighted by atomic mass is 28.4. The third-order valence-corrected chi connectivity index (χ3v) is 21.0. The molecule has 0 aromatic heterocycles. The Hall–Kier alpha value is -3.42. The molecule has 2 aromatic rings.